The summed E-state index contributed by atoms with van der Waals surface area (Å²) < 4.78 is 25.3. The number of likely N-dealkylation sites (N-methyl/N-ethyl adjacent to an activating group) is 1. The molecule has 0 radical (unpaired) electrons. The third-order valence-electron chi connectivity index (χ3n) is 2.75. The fourth-order valence-corrected chi connectivity index (χ4v) is 2.48. The Labute approximate surface area is 119 Å². The summed E-state index contributed by atoms with van der Waals surface area (Å²) in [4.78, 5) is 13.0. The highest BCUT2D eigenvalue weighted by Crippen LogP contribution is 2.27. The standard InChI is InChI=1S/C12H20N4O3S/c1-15(2)11(17)8-14-9-6-5-7-10(12(9)13)20(18,19)16(3)4/h5-7,14H,8,13H2,1-4H3. The molecule has 7 nitrogen and oxygen atoms in total. The van der Waals surface area contributed by atoms with Gasteiger partial charge in [0.25, 0.3) is 0 Å². The maximum atomic E-state index is 12.1. The molecule has 0 atom stereocenters. The number of benzene rings is 1. The fourth-order valence-electron chi connectivity index (χ4n) is 1.45. The number of hydrogen-bond acceptors (Lipinski definition) is 5. The minimum Gasteiger partial charge on any atom is -0.396 e. The van der Waals surface area contributed by atoms with Crippen molar-refractivity contribution in [3.05, 3.63) is 18.2 Å². The molecular weight excluding hydrogens is 280 g/mol. The van der Waals surface area contributed by atoms with Crippen molar-refractivity contribution < 1.29 is 13.2 Å². The van der Waals surface area contributed by atoms with E-state index in [-0.39, 0.29) is 23.0 Å². The van der Waals surface area contributed by atoms with Crippen LogP contribution >= 0.6 is 0 Å². The van der Waals surface area contributed by atoms with Gasteiger partial charge in [-0.3, -0.25) is 4.79 Å². The van der Waals surface area contributed by atoms with Gasteiger partial charge in [0.1, 0.15) is 4.90 Å². The maximum absolute atomic E-state index is 12.1. The molecule has 3 N–H and O–H groups in total. The van der Waals surface area contributed by atoms with Crippen LogP contribution < -0.4 is 11.1 Å². The van der Waals surface area contributed by atoms with Gasteiger partial charge in [-0.15, -0.1) is 0 Å². The van der Waals surface area contributed by atoms with Crippen LogP contribution in [0.5, 0.6) is 0 Å². The van der Waals surface area contributed by atoms with Crippen molar-refractivity contribution in [2.75, 3.05) is 45.8 Å². The van der Waals surface area contributed by atoms with Crippen LogP contribution in [-0.2, 0) is 14.8 Å². The Morgan fingerprint density at radius 3 is 2.35 bits per heavy atom. The highest BCUT2D eigenvalue weighted by Gasteiger charge is 2.21. The Morgan fingerprint density at radius 2 is 1.85 bits per heavy atom. The van der Waals surface area contributed by atoms with Crippen molar-refractivity contribution in [2.45, 2.75) is 4.90 Å². The van der Waals surface area contributed by atoms with Crippen LogP contribution in [0.2, 0.25) is 0 Å². The topological polar surface area (TPSA) is 95.7 Å². The van der Waals surface area contributed by atoms with Gasteiger partial charge in [-0.1, -0.05) is 6.07 Å². The number of carbonyl (C=O) groups is 1. The van der Waals surface area contributed by atoms with Gasteiger partial charge >= 0.3 is 0 Å². The van der Waals surface area contributed by atoms with E-state index in [1.54, 1.807) is 26.2 Å². The number of hydrogen-bond donors (Lipinski definition) is 2. The summed E-state index contributed by atoms with van der Waals surface area (Å²) in [6.07, 6.45) is 0. The Balaban J connectivity index is 3.06. The number of anilines is 2. The number of sulfonamides is 1. The van der Waals surface area contributed by atoms with Gasteiger partial charge in [-0.2, -0.15) is 0 Å². The highest BCUT2D eigenvalue weighted by molar-refractivity contribution is 7.89. The number of nitrogens with two attached hydrogens (primary N) is 1. The van der Waals surface area contributed by atoms with Crippen molar-refractivity contribution in [1.29, 1.82) is 0 Å². The molecule has 112 valence electrons. The minimum atomic E-state index is -3.61. The predicted molar refractivity (Wildman–Crippen MR) is 78.9 cm³/mol. The van der Waals surface area contributed by atoms with Crippen LogP contribution in [0.25, 0.3) is 0 Å². The Morgan fingerprint density at radius 1 is 1.25 bits per heavy atom. The van der Waals surface area contributed by atoms with Crippen molar-refractivity contribution in [3.63, 3.8) is 0 Å². The van der Waals surface area contributed by atoms with Gasteiger partial charge in [-0.05, 0) is 12.1 Å². The molecule has 1 rings (SSSR count). The summed E-state index contributed by atoms with van der Waals surface area (Å²) in [6, 6.07) is 4.64. The van der Waals surface area contributed by atoms with Crippen molar-refractivity contribution in [1.82, 2.24) is 9.21 Å². The van der Waals surface area contributed by atoms with E-state index < -0.39 is 10.0 Å². The normalized spacial score (nSPS) is 11.4. The van der Waals surface area contributed by atoms with Crippen LogP contribution in [0.3, 0.4) is 0 Å². The zero-order chi connectivity index (χ0) is 15.5. The lowest BCUT2D eigenvalue weighted by atomic mass is 10.2. The van der Waals surface area contributed by atoms with Gasteiger partial charge in [-0.25, -0.2) is 12.7 Å². The average molecular weight is 300 g/mol. The second-order valence-corrected chi connectivity index (χ2v) is 6.77. The molecule has 20 heavy (non-hydrogen) atoms. The first-order valence-corrected chi connectivity index (χ1v) is 7.37. The second-order valence-electron chi connectivity index (χ2n) is 4.65. The monoisotopic (exact) mass is 300 g/mol. The maximum Gasteiger partial charge on any atom is 0.244 e. The van der Waals surface area contributed by atoms with E-state index in [2.05, 4.69) is 5.32 Å². The molecule has 0 saturated carbocycles. The molecule has 0 spiro atoms. The lowest BCUT2D eigenvalue weighted by Gasteiger charge is -2.17. The van der Waals surface area contributed by atoms with Gasteiger partial charge in [0.2, 0.25) is 15.9 Å². The number of nitrogens with zero attached hydrogens (tertiary/aromatic N) is 2. The first-order valence-electron chi connectivity index (χ1n) is 5.93. The lowest BCUT2D eigenvalue weighted by molar-refractivity contribution is -0.126. The number of carbonyl (C=O) groups excluding carboxylic acids is 1. The molecule has 0 aliphatic rings. The lowest BCUT2D eigenvalue weighted by Crippen LogP contribution is -2.29. The Bertz CT molecular complexity index is 597. The molecule has 1 aromatic rings. The van der Waals surface area contributed by atoms with E-state index in [0.717, 1.165) is 4.31 Å². The zero-order valence-corrected chi connectivity index (χ0v) is 12.9. The molecule has 1 amide bonds. The predicted octanol–water partition coefficient (Wildman–Crippen LogP) is 0.0192. The number of amides is 1. The summed E-state index contributed by atoms with van der Waals surface area (Å²) in [5.74, 6) is -0.134. The van der Waals surface area contributed by atoms with Crippen LogP contribution in [0.1, 0.15) is 0 Å². The first kappa shape index (κ1) is 16.3. The molecule has 0 saturated heterocycles. The van der Waals surface area contributed by atoms with E-state index in [1.165, 1.54) is 25.1 Å². The third-order valence-corrected chi connectivity index (χ3v) is 4.63. The van der Waals surface area contributed by atoms with Crippen LogP contribution in [-0.4, -0.2) is 58.3 Å². The molecular formula is C12H20N4O3S. The van der Waals surface area contributed by atoms with Crippen molar-refractivity contribution in [2.24, 2.45) is 0 Å². The molecule has 0 aliphatic carbocycles. The first-order chi connectivity index (χ1) is 9.17. The molecule has 0 unspecified atom stereocenters. The van der Waals surface area contributed by atoms with Crippen LogP contribution in [0.15, 0.2) is 23.1 Å². The van der Waals surface area contributed by atoms with E-state index in [0.29, 0.717) is 5.69 Å². The Hall–Kier alpha value is -1.80. The van der Waals surface area contributed by atoms with E-state index in [1.807, 2.05) is 0 Å². The SMILES string of the molecule is CN(C)C(=O)CNc1cccc(S(=O)(=O)N(C)C)c1N. The number of nitrogens with one attached hydrogen (secondary N) is 1. The number of para-hydroxylation sites is 1. The molecule has 0 fully saturated rings. The van der Waals surface area contributed by atoms with Crippen molar-refractivity contribution in [3.8, 4) is 0 Å². The zero-order valence-electron chi connectivity index (χ0n) is 12.0. The van der Waals surface area contributed by atoms with Gasteiger partial charge in [0.15, 0.2) is 0 Å². The highest BCUT2D eigenvalue weighted by atomic mass is 32.2. The van der Waals surface area contributed by atoms with E-state index >= 15 is 0 Å². The van der Waals surface area contributed by atoms with Crippen molar-refractivity contribution >= 4 is 27.3 Å². The molecule has 0 heterocycles. The van der Waals surface area contributed by atoms with Crippen LogP contribution in [0, 0.1) is 0 Å². The summed E-state index contributed by atoms with van der Waals surface area (Å²) in [5.41, 5.74) is 6.40. The largest absolute Gasteiger partial charge is 0.396 e. The summed E-state index contributed by atoms with van der Waals surface area (Å²) in [6.45, 7) is 0.0443. The smallest absolute Gasteiger partial charge is 0.244 e. The summed E-state index contributed by atoms with van der Waals surface area (Å²) in [5, 5.41) is 2.85. The minimum absolute atomic E-state index is 0.0183. The summed E-state index contributed by atoms with van der Waals surface area (Å²) in [7, 11) is 2.54. The Kier molecular flexibility index (Phi) is 4.96. The molecule has 1 aromatic carbocycles. The van der Waals surface area contributed by atoms with Gasteiger partial charge in [0, 0.05) is 28.2 Å². The molecule has 8 heteroatoms. The van der Waals surface area contributed by atoms with E-state index in [4.69, 9.17) is 5.73 Å². The van der Waals surface area contributed by atoms with E-state index in [9.17, 15) is 13.2 Å². The quantitative estimate of drug-likeness (QED) is 0.747. The average Bonchev–Trinajstić information content (AvgIpc) is 2.36. The number of nitrogen functional groups attached to an aromatic ring is 1. The molecule has 0 bridgehead atoms. The third kappa shape index (κ3) is 3.40. The van der Waals surface area contributed by atoms with Gasteiger partial charge < -0.3 is 16.0 Å². The van der Waals surface area contributed by atoms with Gasteiger partial charge in [0.05, 0.1) is 17.9 Å². The summed E-state index contributed by atoms with van der Waals surface area (Å²) >= 11 is 0. The fraction of sp³-hybridized carbons (Fsp3) is 0.417. The second kappa shape index (κ2) is 6.10. The number of rotatable bonds is 5. The van der Waals surface area contributed by atoms with Crippen LogP contribution in [0.4, 0.5) is 11.4 Å². The molecule has 0 aromatic heterocycles. The molecule has 0 aliphatic heterocycles.